The summed E-state index contributed by atoms with van der Waals surface area (Å²) in [5, 5.41) is 0.0260. The van der Waals surface area contributed by atoms with Gasteiger partial charge in [0, 0.05) is 24.0 Å². The Morgan fingerprint density at radius 2 is 2.14 bits per heavy atom. The zero-order chi connectivity index (χ0) is 15.6. The summed E-state index contributed by atoms with van der Waals surface area (Å²) < 4.78 is 42.1. The minimum absolute atomic E-state index is 0.0260. The molecule has 0 bridgehead atoms. The maximum Gasteiger partial charge on any atom is 0.241 e. The van der Waals surface area contributed by atoms with Crippen LogP contribution in [0.5, 0.6) is 0 Å². The number of benzene rings is 1. The Bertz CT molecular complexity index is 725. The van der Waals surface area contributed by atoms with Gasteiger partial charge in [0.25, 0.3) is 0 Å². The molecule has 2 aromatic rings. The van der Waals surface area contributed by atoms with E-state index in [1.807, 2.05) is 11.5 Å². The standard InChI is InChI=1S/C13H15ClFN3O2S/c1-3-18-5-4-16-13(18)9(2)17-21(19,20)12-7-10(14)6-11(15)8-12/h4-9,17H,3H2,1-2H3. The molecule has 0 aliphatic heterocycles. The first-order valence-corrected chi connectivity index (χ1v) is 8.19. The number of nitrogens with one attached hydrogen (secondary N) is 1. The molecule has 1 N–H and O–H groups in total. The highest BCUT2D eigenvalue weighted by atomic mass is 35.5. The van der Waals surface area contributed by atoms with Crippen LogP contribution in [-0.2, 0) is 16.6 Å². The average molecular weight is 332 g/mol. The molecule has 2 rings (SSSR count). The maximum atomic E-state index is 13.3. The predicted octanol–water partition coefficient (Wildman–Crippen LogP) is 2.74. The van der Waals surface area contributed by atoms with Crippen LogP contribution in [0.1, 0.15) is 25.7 Å². The molecule has 0 radical (unpaired) electrons. The molecule has 21 heavy (non-hydrogen) atoms. The number of sulfonamides is 1. The minimum atomic E-state index is -3.88. The van der Waals surface area contributed by atoms with Crippen LogP contribution in [0.15, 0.2) is 35.5 Å². The van der Waals surface area contributed by atoms with Crippen LogP contribution in [0, 0.1) is 5.82 Å². The Morgan fingerprint density at radius 1 is 1.43 bits per heavy atom. The quantitative estimate of drug-likeness (QED) is 0.916. The van der Waals surface area contributed by atoms with E-state index in [0.717, 1.165) is 12.1 Å². The number of aromatic nitrogens is 2. The van der Waals surface area contributed by atoms with Crippen LogP contribution >= 0.6 is 11.6 Å². The molecule has 5 nitrogen and oxygen atoms in total. The number of halogens is 2. The Hall–Kier alpha value is -1.44. The van der Waals surface area contributed by atoms with E-state index in [-0.39, 0.29) is 9.92 Å². The summed E-state index contributed by atoms with van der Waals surface area (Å²) in [5.41, 5.74) is 0. The fourth-order valence-electron chi connectivity index (χ4n) is 2.01. The van der Waals surface area contributed by atoms with E-state index in [1.54, 1.807) is 19.3 Å². The molecule has 8 heteroatoms. The van der Waals surface area contributed by atoms with E-state index in [0.29, 0.717) is 12.4 Å². The van der Waals surface area contributed by atoms with Crippen molar-refractivity contribution in [1.82, 2.24) is 14.3 Å². The zero-order valence-corrected chi connectivity index (χ0v) is 13.1. The molecule has 1 aromatic carbocycles. The van der Waals surface area contributed by atoms with Crippen LogP contribution < -0.4 is 4.72 Å². The molecule has 0 spiro atoms. The van der Waals surface area contributed by atoms with Gasteiger partial charge in [-0.1, -0.05) is 11.6 Å². The van der Waals surface area contributed by atoms with Gasteiger partial charge in [-0.25, -0.2) is 22.5 Å². The monoisotopic (exact) mass is 331 g/mol. The molecular formula is C13H15ClFN3O2S. The van der Waals surface area contributed by atoms with E-state index in [4.69, 9.17) is 11.6 Å². The van der Waals surface area contributed by atoms with Gasteiger partial charge >= 0.3 is 0 Å². The molecule has 0 fully saturated rings. The van der Waals surface area contributed by atoms with Crippen LogP contribution in [0.4, 0.5) is 4.39 Å². The van der Waals surface area contributed by atoms with Crippen molar-refractivity contribution in [2.45, 2.75) is 31.3 Å². The summed E-state index contributed by atoms with van der Waals surface area (Å²) in [5.74, 6) is -0.117. The largest absolute Gasteiger partial charge is 0.334 e. The van der Waals surface area contributed by atoms with Crippen molar-refractivity contribution in [3.8, 4) is 0 Å². The lowest BCUT2D eigenvalue weighted by atomic mass is 10.3. The Morgan fingerprint density at radius 3 is 2.76 bits per heavy atom. The van der Waals surface area contributed by atoms with E-state index in [1.165, 1.54) is 6.07 Å². The van der Waals surface area contributed by atoms with Gasteiger partial charge in [0.1, 0.15) is 11.6 Å². The summed E-state index contributed by atoms with van der Waals surface area (Å²) in [6.07, 6.45) is 3.36. The van der Waals surface area contributed by atoms with Gasteiger partial charge in [0.15, 0.2) is 0 Å². The topological polar surface area (TPSA) is 64.0 Å². The van der Waals surface area contributed by atoms with Gasteiger partial charge in [0.2, 0.25) is 10.0 Å². The van der Waals surface area contributed by atoms with Crippen LogP contribution in [0.25, 0.3) is 0 Å². The minimum Gasteiger partial charge on any atom is -0.334 e. The third kappa shape index (κ3) is 3.61. The molecule has 0 saturated heterocycles. The maximum absolute atomic E-state index is 13.3. The van der Waals surface area contributed by atoms with Crippen molar-refractivity contribution in [3.63, 3.8) is 0 Å². The third-order valence-electron chi connectivity index (χ3n) is 2.95. The second kappa shape index (κ2) is 6.13. The predicted molar refractivity (Wildman–Crippen MR) is 78.0 cm³/mol. The van der Waals surface area contributed by atoms with Crippen molar-refractivity contribution < 1.29 is 12.8 Å². The van der Waals surface area contributed by atoms with Gasteiger partial charge in [-0.3, -0.25) is 0 Å². The van der Waals surface area contributed by atoms with Crippen LogP contribution in [0.3, 0.4) is 0 Å². The van der Waals surface area contributed by atoms with Gasteiger partial charge in [-0.15, -0.1) is 0 Å². The van der Waals surface area contributed by atoms with Gasteiger partial charge in [-0.2, -0.15) is 0 Å². The number of hydrogen-bond acceptors (Lipinski definition) is 3. The molecule has 1 aromatic heterocycles. The molecule has 0 amide bonds. The number of hydrogen-bond donors (Lipinski definition) is 1. The first-order valence-electron chi connectivity index (χ1n) is 6.33. The Labute approximate surface area is 127 Å². The summed E-state index contributed by atoms with van der Waals surface area (Å²) >= 11 is 5.69. The normalized spacial score (nSPS) is 13.3. The lowest BCUT2D eigenvalue weighted by Gasteiger charge is -2.15. The fourth-order valence-corrected chi connectivity index (χ4v) is 3.55. The van der Waals surface area contributed by atoms with Crippen molar-refractivity contribution in [2.24, 2.45) is 0 Å². The van der Waals surface area contributed by atoms with E-state index in [9.17, 15) is 12.8 Å². The number of rotatable bonds is 5. The molecule has 1 heterocycles. The Kier molecular flexibility index (Phi) is 4.65. The molecule has 1 atom stereocenters. The number of nitrogens with zero attached hydrogens (tertiary/aromatic N) is 2. The molecule has 114 valence electrons. The second-order valence-electron chi connectivity index (χ2n) is 4.52. The first kappa shape index (κ1) is 15.9. The highest BCUT2D eigenvalue weighted by Gasteiger charge is 2.22. The molecule has 0 aliphatic carbocycles. The molecule has 1 unspecified atom stereocenters. The summed E-state index contributed by atoms with van der Waals surface area (Å²) in [6, 6.07) is 2.62. The average Bonchev–Trinajstić information content (AvgIpc) is 2.85. The van der Waals surface area contributed by atoms with Crippen molar-refractivity contribution in [1.29, 1.82) is 0 Å². The lowest BCUT2D eigenvalue weighted by molar-refractivity contribution is 0.545. The van der Waals surface area contributed by atoms with Gasteiger partial charge in [-0.05, 0) is 32.0 Å². The summed E-state index contributed by atoms with van der Waals surface area (Å²) in [4.78, 5) is 3.92. The fraction of sp³-hybridized carbons (Fsp3) is 0.308. The molecule has 0 saturated carbocycles. The highest BCUT2D eigenvalue weighted by molar-refractivity contribution is 7.89. The van der Waals surface area contributed by atoms with Gasteiger partial charge in [0.05, 0.1) is 10.9 Å². The van der Waals surface area contributed by atoms with Crippen molar-refractivity contribution in [3.05, 3.63) is 47.3 Å². The molecular weight excluding hydrogens is 317 g/mol. The highest BCUT2D eigenvalue weighted by Crippen LogP contribution is 2.20. The lowest BCUT2D eigenvalue weighted by Crippen LogP contribution is -2.29. The van der Waals surface area contributed by atoms with Crippen LogP contribution in [-0.4, -0.2) is 18.0 Å². The first-order chi connectivity index (χ1) is 9.83. The summed E-state index contributed by atoms with van der Waals surface area (Å²) in [7, 11) is -3.88. The number of imidazole rings is 1. The number of aryl methyl sites for hydroxylation is 1. The van der Waals surface area contributed by atoms with Crippen molar-refractivity contribution in [2.75, 3.05) is 0 Å². The van der Waals surface area contributed by atoms with Crippen molar-refractivity contribution >= 4 is 21.6 Å². The Balaban J connectivity index is 2.29. The van der Waals surface area contributed by atoms with E-state index in [2.05, 4.69) is 9.71 Å². The zero-order valence-electron chi connectivity index (χ0n) is 11.5. The van der Waals surface area contributed by atoms with Gasteiger partial charge < -0.3 is 4.57 Å². The summed E-state index contributed by atoms with van der Waals surface area (Å²) in [6.45, 7) is 4.28. The second-order valence-corrected chi connectivity index (χ2v) is 6.67. The van der Waals surface area contributed by atoms with Crippen LogP contribution in [0.2, 0.25) is 5.02 Å². The molecule has 0 aliphatic rings. The third-order valence-corrected chi connectivity index (χ3v) is 4.69. The SMILES string of the molecule is CCn1ccnc1C(C)NS(=O)(=O)c1cc(F)cc(Cl)c1. The van der Waals surface area contributed by atoms with E-state index >= 15 is 0 Å². The smallest absolute Gasteiger partial charge is 0.241 e. The van der Waals surface area contributed by atoms with E-state index < -0.39 is 21.9 Å².